The number of carbonyl (C=O) groups is 2. The van der Waals surface area contributed by atoms with Gasteiger partial charge in [-0.1, -0.05) is 32.1 Å². The fourth-order valence-electron chi connectivity index (χ4n) is 6.04. The molecule has 2 N–H and O–H groups in total. The maximum absolute atomic E-state index is 13.9. The zero-order valence-electron chi connectivity index (χ0n) is 18.7. The van der Waals surface area contributed by atoms with Crippen molar-refractivity contribution in [3.05, 3.63) is 29.6 Å². The molecule has 0 bridgehead atoms. The molecule has 1 saturated carbocycles. The van der Waals surface area contributed by atoms with Gasteiger partial charge in [-0.2, -0.15) is 0 Å². The molecule has 170 valence electrons. The van der Waals surface area contributed by atoms with E-state index in [4.69, 9.17) is 5.73 Å². The van der Waals surface area contributed by atoms with E-state index in [2.05, 4.69) is 11.8 Å². The van der Waals surface area contributed by atoms with Crippen molar-refractivity contribution in [2.45, 2.75) is 89.1 Å². The van der Waals surface area contributed by atoms with E-state index in [1.807, 2.05) is 4.90 Å². The van der Waals surface area contributed by atoms with Crippen molar-refractivity contribution in [1.29, 1.82) is 0 Å². The van der Waals surface area contributed by atoms with Gasteiger partial charge in [-0.15, -0.1) is 0 Å². The van der Waals surface area contributed by atoms with Gasteiger partial charge < -0.3 is 15.5 Å². The molecule has 31 heavy (non-hydrogen) atoms. The van der Waals surface area contributed by atoms with Crippen LogP contribution in [0.3, 0.4) is 0 Å². The third-order valence-electron chi connectivity index (χ3n) is 7.84. The summed E-state index contributed by atoms with van der Waals surface area (Å²) in [5.41, 5.74) is 6.75. The first-order chi connectivity index (χ1) is 15.0. The summed E-state index contributed by atoms with van der Waals surface area (Å²) in [5.74, 6) is -0.904. The number of primary amides is 1. The minimum absolute atomic E-state index is 0.0661. The lowest BCUT2D eigenvalue weighted by Gasteiger charge is -2.42. The second-order valence-corrected chi connectivity index (χ2v) is 9.75. The lowest BCUT2D eigenvalue weighted by Crippen LogP contribution is -2.50. The number of amides is 2. The molecule has 1 aliphatic carbocycles. The van der Waals surface area contributed by atoms with Gasteiger partial charge in [0, 0.05) is 37.3 Å². The Morgan fingerprint density at radius 1 is 1.10 bits per heavy atom. The minimum Gasteiger partial charge on any atom is -0.370 e. The number of piperidine rings is 1. The first kappa shape index (κ1) is 22.3. The van der Waals surface area contributed by atoms with Crippen LogP contribution in [-0.4, -0.2) is 41.9 Å². The molecule has 1 saturated heterocycles. The lowest BCUT2D eigenvalue weighted by molar-refractivity contribution is -0.124. The van der Waals surface area contributed by atoms with Gasteiger partial charge in [0.2, 0.25) is 11.8 Å². The fraction of sp³-hybridized carbons (Fsp3) is 0.680. The van der Waals surface area contributed by atoms with Crippen molar-refractivity contribution >= 4 is 17.5 Å². The predicted octanol–water partition coefficient (Wildman–Crippen LogP) is 4.34. The average molecular weight is 430 g/mol. The maximum atomic E-state index is 13.9. The van der Waals surface area contributed by atoms with Crippen molar-refractivity contribution < 1.29 is 14.0 Å². The number of hydrogen-bond donors (Lipinski definition) is 1. The van der Waals surface area contributed by atoms with Gasteiger partial charge in [0.25, 0.3) is 0 Å². The lowest BCUT2D eigenvalue weighted by atomic mass is 9.85. The van der Waals surface area contributed by atoms with E-state index in [1.54, 1.807) is 6.07 Å². The van der Waals surface area contributed by atoms with E-state index in [0.29, 0.717) is 11.6 Å². The standard InChI is InChI=1S/C25H36FN3O2/c1-17(18-7-5-3-2-4-6-8-18)28-13-11-20(12-14-28)29-23-10-9-19(26)15-21(23)22(25(29)31)16-24(27)30/h9-10,15,17-18,20,22H,2-8,11-14,16H2,1H3,(H2,27,30). The molecule has 0 aromatic heterocycles. The summed E-state index contributed by atoms with van der Waals surface area (Å²) < 4.78 is 13.9. The van der Waals surface area contributed by atoms with Crippen LogP contribution in [0.15, 0.2) is 18.2 Å². The number of hydrogen-bond acceptors (Lipinski definition) is 3. The molecule has 2 fully saturated rings. The summed E-state index contributed by atoms with van der Waals surface area (Å²) in [7, 11) is 0. The van der Waals surface area contributed by atoms with Crippen LogP contribution in [0.2, 0.25) is 0 Å². The summed E-state index contributed by atoms with van der Waals surface area (Å²) in [4.78, 5) is 29.2. The molecule has 3 aliphatic rings. The molecule has 0 spiro atoms. The molecular formula is C25H36FN3O2. The van der Waals surface area contributed by atoms with E-state index in [9.17, 15) is 14.0 Å². The Hall–Kier alpha value is -1.95. The summed E-state index contributed by atoms with van der Waals surface area (Å²) in [5, 5.41) is 0. The smallest absolute Gasteiger partial charge is 0.235 e. The molecule has 2 aliphatic heterocycles. The van der Waals surface area contributed by atoms with Crippen molar-refractivity contribution in [2.75, 3.05) is 18.0 Å². The molecule has 1 aromatic carbocycles. The number of carbonyl (C=O) groups excluding carboxylic acids is 2. The van der Waals surface area contributed by atoms with Crippen LogP contribution in [0.25, 0.3) is 0 Å². The number of nitrogens with two attached hydrogens (primary N) is 1. The monoisotopic (exact) mass is 429 g/mol. The molecule has 1 aromatic rings. The van der Waals surface area contributed by atoms with Crippen LogP contribution >= 0.6 is 0 Å². The van der Waals surface area contributed by atoms with Crippen molar-refractivity contribution in [1.82, 2.24) is 4.90 Å². The Morgan fingerprint density at radius 3 is 2.39 bits per heavy atom. The summed E-state index contributed by atoms with van der Waals surface area (Å²) in [6, 6.07) is 5.16. The fourth-order valence-corrected chi connectivity index (χ4v) is 6.04. The average Bonchev–Trinajstić information content (AvgIpc) is 2.98. The zero-order chi connectivity index (χ0) is 22.0. The summed E-state index contributed by atoms with van der Waals surface area (Å²) in [6.45, 7) is 4.33. The van der Waals surface area contributed by atoms with E-state index < -0.39 is 11.8 Å². The van der Waals surface area contributed by atoms with E-state index >= 15 is 0 Å². The van der Waals surface area contributed by atoms with Crippen molar-refractivity contribution in [2.24, 2.45) is 11.7 Å². The van der Waals surface area contributed by atoms with Crippen LogP contribution in [-0.2, 0) is 9.59 Å². The molecule has 5 nitrogen and oxygen atoms in total. The second-order valence-electron chi connectivity index (χ2n) is 9.75. The van der Waals surface area contributed by atoms with Gasteiger partial charge in [-0.3, -0.25) is 9.59 Å². The molecule has 2 atom stereocenters. The number of halogens is 1. The predicted molar refractivity (Wildman–Crippen MR) is 120 cm³/mol. The minimum atomic E-state index is -0.657. The number of nitrogens with zero attached hydrogens (tertiary/aromatic N) is 2. The first-order valence-electron chi connectivity index (χ1n) is 12.1. The van der Waals surface area contributed by atoms with Crippen LogP contribution < -0.4 is 10.6 Å². The number of rotatable bonds is 5. The highest BCUT2D eigenvalue weighted by molar-refractivity contribution is 6.07. The second kappa shape index (κ2) is 9.68. The van der Waals surface area contributed by atoms with Crippen LogP contribution in [0.4, 0.5) is 10.1 Å². The molecule has 2 amide bonds. The Balaban J connectivity index is 1.43. The number of benzene rings is 1. The van der Waals surface area contributed by atoms with Crippen molar-refractivity contribution in [3.63, 3.8) is 0 Å². The number of likely N-dealkylation sites (tertiary alicyclic amines) is 1. The van der Waals surface area contributed by atoms with Gasteiger partial charge in [0.15, 0.2) is 0 Å². The van der Waals surface area contributed by atoms with Gasteiger partial charge in [0.05, 0.1) is 5.92 Å². The Bertz CT molecular complexity index is 798. The quantitative estimate of drug-likeness (QED) is 0.757. The third kappa shape index (κ3) is 4.79. The normalized spacial score (nSPS) is 25.2. The van der Waals surface area contributed by atoms with Gasteiger partial charge in [0.1, 0.15) is 5.82 Å². The van der Waals surface area contributed by atoms with E-state index in [-0.39, 0.29) is 24.2 Å². The van der Waals surface area contributed by atoms with Gasteiger partial charge in [-0.25, -0.2) is 4.39 Å². The Kier molecular flexibility index (Phi) is 6.95. The molecule has 4 rings (SSSR count). The largest absolute Gasteiger partial charge is 0.370 e. The Morgan fingerprint density at radius 2 is 1.74 bits per heavy atom. The SMILES string of the molecule is CC(C1CCCCCCC1)N1CCC(N2C(=O)C(CC(N)=O)c3cc(F)ccc32)CC1. The van der Waals surface area contributed by atoms with Crippen LogP contribution in [0.5, 0.6) is 0 Å². The zero-order valence-corrected chi connectivity index (χ0v) is 18.7. The number of fused-ring (bicyclic) bond motifs is 1. The van der Waals surface area contributed by atoms with Crippen LogP contribution in [0, 0.1) is 11.7 Å². The summed E-state index contributed by atoms with van der Waals surface area (Å²) in [6.07, 6.45) is 11.2. The molecule has 2 heterocycles. The van der Waals surface area contributed by atoms with Crippen molar-refractivity contribution in [3.8, 4) is 0 Å². The summed E-state index contributed by atoms with van der Waals surface area (Å²) >= 11 is 0. The third-order valence-corrected chi connectivity index (χ3v) is 7.84. The Labute approximate surface area is 185 Å². The van der Waals surface area contributed by atoms with E-state index in [0.717, 1.165) is 37.5 Å². The molecule has 0 radical (unpaired) electrons. The highest BCUT2D eigenvalue weighted by Crippen LogP contribution is 2.42. The molecule has 2 unspecified atom stereocenters. The topological polar surface area (TPSA) is 66.6 Å². The molecular weight excluding hydrogens is 393 g/mol. The van der Waals surface area contributed by atoms with Crippen LogP contribution in [0.1, 0.15) is 82.6 Å². The van der Waals surface area contributed by atoms with Gasteiger partial charge >= 0.3 is 0 Å². The van der Waals surface area contributed by atoms with E-state index in [1.165, 1.54) is 57.1 Å². The highest BCUT2D eigenvalue weighted by Gasteiger charge is 2.42. The number of anilines is 1. The first-order valence-corrected chi connectivity index (χ1v) is 12.1. The maximum Gasteiger partial charge on any atom is 0.235 e. The van der Waals surface area contributed by atoms with Gasteiger partial charge in [-0.05, 0) is 62.3 Å². The molecule has 6 heteroatoms. The highest BCUT2D eigenvalue weighted by atomic mass is 19.1.